The van der Waals surface area contributed by atoms with Crippen LogP contribution in [0.15, 0.2) is 30.3 Å². The highest BCUT2D eigenvalue weighted by molar-refractivity contribution is 5.82. The summed E-state index contributed by atoms with van der Waals surface area (Å²) in [6, 6.07) is 9.70. The van der Waals surface area contributed by atoms with Gasteiger partial charge in [-0.05, 0) is 17.4 Å². The Labute approximate surface area is 122 Å². The monoisotopic (exact) mass is 276 g/mol. The van der Waals surface area contributed by atoms with E-state index in [1.54, 1.807) is 0 Å². The van der Waals surface area contributed by atoms with Crippen LogP contribution >= 0.6 is 0 Å². The van der Waals surface area contributed by atoms with Gasteiger partial charge in [-0.2, -0.15) is 0 Å². The van der Waals surface area contributed by atoms with Crippen LogP contribution in [0.4, 0.5) is 0 Å². The van der Waals surface area contributed by atoms with Gasteiger partial charge in [0.25, 0.3) is 0 Å². The molecule has 0 aliphatic heterocycles. The topological polar surface area (TPSA) is 55.1 Å². The molecule has 0 fully saturated rings. The smallest absolute Gasteiger partial charge is 0.226 e. The number of carbonyl (C=O) groups is 1. The van der Waals surface area contributed by atoms with Crippen LogP contribution in [-0.2, 0) is 4.79 Å². The Hall–Kier alpha value is -1.35. The number of nitrogens with one attached hydrogen (secondary N) is 1. The summed E-state index contributed by atoms with van der Waals surface area (Å²) in [4.78, 5) is 12.5. The first kappa shape index (κ1) is 16.7. The van der Waals surface area contributed by atoms with Crippen molar-refractivity contribution in [2.24, 2.45) is 23.0 Å². The lowest BCUT2D eigenvalue weighted by atomic mass is 9.70. The molecule has 0 aliphatic carbocycles. The second-order valence-electron chi connectivity index (χ2n) is 6.32. The molecule has 3 N–H and O–H groups in total. The lowest BCUT2D eigenvalue weighted by Gasteiger charge is -2.36. The van der Waals surface area contributed by atoms with Gasteiger partial charge in [0.15, 0.2) is 0 Å². The first-order valence-corrected chi connectivity index (χ1v) is 7.39. The van der Waals surface area contributed by atoms with Gasteiger partial charge < -0.3 is 11.1 Å². The van der Waals surface area contributed by atoms with Gasteiger partial charge in [0.1, 0.15) is 0 Å². The van der Waals surface area contributed by atoms with E-state index in [1.165, 1.54) is 0 Å². The minimum Gasteiger partial charge on any atom is -0.354 e. The van der Waals surface area contributed by atoms with Gasteiger partial charge in [-0.1, -0.05) is 65.0 Å². The summed E-state index contributed by atoms with van der Waals surface area (Å²) in [5.74, 6) is 0.666. The molecule has 112 valence electrons. The zero-order valence-corrected chi connectivity index (χ0v) is 13.3. The van der Waals surface area contributed by atoms with Crippen molar-refractivity contribution in [3.8, 4) is 0 Å². The minimum absolute atomic E-state index is 0.0916. The Morgan fingerprint density at radius 3 is 2.10 bits per heavy atom. The summed E-state index contributed by atoms with van der Waals surface area (Å²) in [5.41, 5.74) is 6.80. The molecule has 0 saturated carbocycles. The molecule has 1 atom stereocenters. The van der Waals surface area contributed by atoms with Crippen LogP contribution < -0.4 is 11.1 Å². The first-order chi connectivity index (χ1) is 9.30. The highest BCUT2D eigenvalue weighted by Gasteiger charge is 2.39. The first-order valence-electron chi connectivity index (χ1n) is 7.39. The maximum atomic E-state index is 12.5. The summed E-state index contributed by atoms with van der Waals surface area (Å²) in [5, 5.41) is 3.02. The van der Waals surface area contributed by atoms with Crippen LogP contribution in [0.1, 0.15) is 46.2 Å². The fourth-order valence-corrected chi connectivity index (χ4v) is 2.40. The lowest BCUT2D eigenvalue weighted by Crippen LogP contribution is -2.47. The third-order valence-corrected chi connectivity index (χ3v) is 4.60. The van der Waals surface area contributed by atoms with Crippen molar-refractivity contribution >= 4 is 5.91 Å². The van der Waals surface area contributed by atoms with Crippen molar-refractivity contribution in [1.82, 2.24) is 5.32 Å². The van der Waals surface area contributed by atoms with Crippen LogP contribution in [0.3, 0.4) is 0 Å². The summed E-state index contributed by atoms with van der Waals surface area (Å²) in [6.07, 6.45) is 0. The summed E-state index contributed by atoms with van der Waals surface area (Å²) in [6.45, 7) is 10.9. The predicted molar refractivity (Wildman–Crippen MR) is 84.2 cm³/mol. The number of hydrogen-bond donors (Lipinski definition) is 2. The molecule has 0 aromatic heterocycles. The van der Waals surface area contributed by atoms with E-state index in [9.17, 15) is 4.79 Å². The highest BCUT2D eigenvalue weighted by atomic mass is 16.2. The fraction of sp³-hybridized carbons (Fsp3) is 0.588. The Morgan fingerprint density at radius 1 is 1.15 bits per heavy atom. The molecular weight excluding hydrogens is 248 g/mol. The normalized spacial score (nSPS) is 13.6. The summed E-state index contributed by atoms with van der Waals surface area (Å²) < 4.78 is 0. The van der Waals surface area contributed by atoms with Gasteiger partial charge >= 0.3 is 0 Å². The molecule has 1 rings (SSSR count). The minimum atomic E-state index is -0.365. The van der Waals surface area contributed by atoms with Crippen LogP contribution in [0.25, 0.3) is 0 Å². The zero-order valence-electron chi connectivity index (χ0n) is 13.3. The Kier molecular flexibility index (Phi) is 5.75. The average molecular weight is 276 g/mol. The van der Waals surface area contributed by atoms with Gasteiger partial charge in [-0.25, -0.2) is 0 Å². The molecule has 0 heterocycles. The van der Waals surface area contributed by atoms with Crippen molar-refractivity contribution in [2.75, 3.05) is 6.54 Å². The van der Waals surface area contributed by atoms with Crippen LogP contribution in [0.5, 0.6) is 0 Å². The molecule has 1 amide bonds. The number of hydrogen-bond acceptors (Lipinski definition) is 2. The highest BCUT2D eigenvalue weighted by Crippen LogP contribution is 2.35. The van der Waals surface area contributed by atoms with E-state index >= 15 is 0 Å². The molecular formula is C17H28N2O. The lowest BCUT2D eigenvalue weighted by molar-refractivity contribution is -0.135. The van der Waals surface area contributed by atoms with Gasteiger partial charge in [-0.15, -0.1) is 0 Å². The molecule has 0 bridgehead atoms. The molecule has 0 aliphatic rings. The van der Waals surface area contributed by atoms with Crippen molar-refractivity contribution < 1.29 is 4.79 Å². The second-order valence-corrected chi connectivity index (χ2v) is 6.32. The summed E-state index contributed by atoms with van der Waals surface area (Å²) in [7, 11) is 0. The van der Waals surface area contributed by atoms with Gasteiger partial charge in [0.2, 0.25) is 5.91 Å². The molecule has 3 nitrogen and oxygen atoms in total. The number of nitrogens with two attached hydrogens (primary N) is 1. The average Bonchev–Trinajstić information content (AvgIpc) is 2.43. The molecule has 0 spiro atoms. The number of rotatable bonds is 6. The molecule has 0 saturated heterocycles. The van der Waals surface area contributed by atoms with Crippen molar-refractivity contribution in [3.63, 3.8) is 0 Å². The van der Waals surface area contributed by atoms with Gasteiger partial charge in [0.05, 0.1) is 5.41 Å². The quantitative estimate of drug-likeness (QED) is 0.838. The molecule has 3 heteroatoms. The van der Waals surface area contributed by atoms with E-state index in [2.05, 4.69) is 33.0 Å². The van der Waals surface area contributed by atoms with E-state index in [4.69, 9.17) is 5.73 Å². The van der Waals surface area contributed by atoms with Crippen LogP contribution in [-0.4, -0.2) is 12.5 Å². The van der Waals surface area contributed by atoms with Crippen molar-refractivity contribution in [1.29, 1.82) is 0 Å². The van der Waals surface area contributed by atoms with Gasteiger partial charge in [0, 0.05) is 12.6 Å². The van der Waals surface area contributed by atoms with E-state index in [0.717, 1.165) is 5.56 Å². The van der Waals surface area contributed by atoms with E-state index in [0.29, 0.717) is 6.54 Å². The molecule has 1 aromatic carbocycles. The predicted octanol–water partition coefficient (Wildman–Crippen LogP) is 3.12. The SMILES string of the molecule is CC(C)C(C)(C(=O)NCC(N)c1ccccc1)C(C)C. The molecule has 0 radical (unpaired) electrons. The standard InChI is InChI=1S/C17H28N2O/c1-12(2)17(5,13(3)4)16(20)19-11-15(18)14-9-7-6-8-10-14/h6-10,12-13,15H,11,18H2,1-5H3,(H,19,20). The number of benzene rings is 1. The second kappa shape index (κ2) is 6.89. The van der Waals surface area contributed by atoms with E-state index < -0.39 is 0 Å². The molecule has 1 aromatic rings. The maximum Gasteiger partial charge on any atom is 0.226 e. The third kappa shape index (κ3) is 3.60. The van der Waals surface area contributed by atoms with E-state index in [-0.39, 0.29) is 29.2 Å². The molecule has 20 heavy (non-hydrogen) atoms. The fourth-order valence-electron chi connectivity index (χ4n) is 2.40. The van der Waals surface area contributed by atoms with Crippen molar-refractivity contribution in [2.45, 2.75) is 40.7 Å². The zero-order chi connectivity index (χ0) is 15.3. The number of amides is 1. The summed E-state index contributed by atoms with van der Waals surface area (Å²) >= 11 is 0. The maximum absolute atomic E-state index is 12.5. The van der Waals surface area contributed by atoms with E-state index in [1.807, 2.05) is 37.3 Å². The molecule has 1 unspecified atom stereocenters. The number of carbonyl (C=O) groups excluding carboxylic acids is 1. The Morgan fingerprint density at radius 2 is 1.65 bits per heavy atom. The van der Waals surface area contributed by atoms with Crippen LogP contribution in [0, 0.1) is 17.3 Å². The Bertz CT molecular complexity index is 418. The van der Waals surface area contributed by atoms with Crippen molar-refractivity contribution in [3.05, 3.63) is 35.9 Å². The van der Waals surface area contributed by atoms with Crippen LogP contribution in [0.2, 0.25) is 0 Å². The third-order valence-electron chi connectivity index (χ3n) is 4.60. The Balaban J connectivity index is 2.67. The van der Waals surface area contributed by atoms with Gasteiger partial charge in [-0.3, -0.25) is 4.79 Å². The largest absolute Gasteiger partial charge is 0.354 e.